The molecule has 5 rings (SSSR count). The number of nitrogens with one attached hydrogen (secondary N) is 1. The Morgan fingerprint density at radius 2 is 1.62 bits per heavy atom. The topological polar surface area (TPSA) is 132 Å². The van der Waals surface area contributed by atoms with E-state index in [4.69, 9.17) is 9.47 Å². The van der Waals surface area contributed by atoms with Crippen molar-refractivity contribution in [2.24, 2.45) is 0 Å². The van der Waals surface area contributed by atoms with Gasteiger partial charge in [-0.3, -0.25) is 9.59 Å². The Morgan fingerprint density at radius 1 is 0.911 bits per heavy atom. The number of anilines is 2. The second-order valence-corrected chi connectivity index (χ2v) is 10.3. The monoisotopic (exact) mass is 611 g/mol. The summed E-state index contributed by atoms with van der Waals surface area (Å²) in [6.45, 7) is 0.246. The second kappa shape index (κ2) is 12.8. The molecule has 0 aliphatic rings. The van der Waals surface area contributed by atoms with E-state index in [9.17, 15) is 29.0 Å². The van der Waals surface area contributed by atoms with Gasteiger partial charge in [-0.15, -0.1) is 0 Å². The molecule has 1 amide bonds. The summed E-state index contributed by atoms with van der Waals surface area (Å²) in [6, 6.07) is 22.2. The van der Waals surface area contributed by atoms with Crippen LogP contribution < -0.4 is 24.8 Å². The summed E-state index contributed by atoms with van der Waals surface area (Å²) in [5.41, 5.74) is 0.661. The first-order valence-electron chi connectivity index (χ1n) is 13.8. The minimum atomic E-state index is -1.16. The number of hydrogen-bond acceptors (Lipinski definition) is 7. The number of benzene rings is 4. The molecule has 0 aliphatic carbocycles. The minimum Gasteiger partial charge on any atom is -0.506 e. The number of fused-ring (bicyclic) bond motifs is 1. The molecule has 0 unspecified atom stereocenters. The average molecular weight is 612 g/mol. The van der Waals surface area contributed by atoms with Gasteiger partial charge in [0.15, 0.2) is 0 Å². The number of H-pyrrole nitrogens is 1. The van der Waals surface area contributed by atoms with Crippen LogP contribution in [0.5, 0.6) is 17.2 Å². The molecule has 0 bridgehead atoms. The molecule has 1 aromatic heterocycles. The van der Waals surface area contributed by atoms with E-state index in [0.29, 0.717) is 29.3 Å². The van der Waals surface area contributed by atoms with Crippen molar-refractivity contribution < 1.29 is 33.7 Å². The highest BCUT2D eigenvalue weighted by molar-refractivity contribution is 6.11. The smallest absolute Gasteiger partial charge is 0.335 e. The van der Waals surface area contributed by atoms with Crippen molar-refractivity contribution in [2.45, 2.75) is 13.1 Å². The Labute approximate surface area is 257 Å². The van der Waals surface area contributed by atoms with Crippen LogP contribution in [0.25, 0.3) is 10.9 Å². The van der Waals surface area contributed by atoms with Gasteiger partial charge in [0, 0.05) is 36.3 Å². The van der Waals surface area contributed by atoms with E-state index in [-0.39, 0.29) is 28.7 Å². The maximum Gasteiger partial charge on any atom is 0.335 e. The van der Waals surface area contributed by atoms with E-state index in [0.717, 1.165) is 11.6 Å². The van der Waals surface area contributed by atoms with E-state index >= 15 is 0 Å². The van der Waals surface area contributed by atoms with Crippen LogP contribution in [0.2, 0.25) is 0 Å². The maximum atomic E-state index is 15.0. The van der Waals surface area contributed by atoms with Crippen molar-refractivity contribution >= 4 is 34.2 Å². The molecule has 3 N–H and O–H groups in total. The Kier molecular flexibility index (Phi) is 8.71. The number of carbonyl (C=O) groups is 2. The lowest BCUT2D eigenvalue weighted by molar-refractivity contribution is 0.0696. The van der Waals surface area contributed by atoms with Crippen LogP contribution >= 0.6 is 0 Å². The third kappa shape index (κ3) is 6.28. The number of amides is 1. The fraction of sp³-hybridized carbons (Fsp3) is 0.147. The van der Waals surface area contributed by atoms with Gasteiger partial charge in [0.05, 0.1) is 37.5 Å². The summed E-state index contributed by atoms with van der Waals surface area (Å²) in [5.74, 6) is -2.53. The lowest BCUT2D eigenvalue weighted by Gasteiger charge is -2.25. The lowest BCUT2D eigenvalue weighted by Crippen LogP contribution is -2.35. The van der Waals surface area contributed by atoms with Crippen molar-refractivity contribution in [3.63, 3.8) is 0 Å². The van der Waals surface area contributed by atoms with Gasteiger partial charge in [0.1, 0.15) is 28.6 Å². The minimum absolute atomic E-state index is 0.0118. The molecule has 0 saturated heterocycles. The number of carboxylic acid groups (broad SMARTS) is 1. The predicted molar refractivity (Wildman–Crippen MR) is 168 cm³/mol. The summed E-state index contributed by atoms with van der Waals surface area (Å²) in [6.07, 6.45) is 0. The number of aromatic hydroxyl groups is 1. The molecule has 11 heteroatoms. The first-order valence-corrected chi connectivity index (χ1v) is 13.8. The van der Waals surface area contributed by atoms with Crippen molar-refractivity contribution in [3.8, 4) is 17.2 Å². The number of hydrogen-bond donors (Lipinski definition) is 3. The Bertz CT molecular complexity index is 1940. The van der Waals surface area contributed by atoms with Gasteiger partial charge >= 0.3 is 5.97 Å². The molecule has 0 saturated carbocycles. The zero-order chi connectivity index (χ0) is 32.2. The predicted octanol–water partition coefficient (Wildman–Crippen LogP) is 5.57. The van der Waals surface area contributed by atoms with Crippen LogP contribution in [0.4, 0.5) is 15.8 Å². The summed E-state index contributed by atoms with van der Waals surface area (Å²) in [5, 5.41) is 20.7. The van der Waals surface area contributed by atoms with Crippen LogP contribution in [-0.4, -0.2) is 48.3 Å². The van der Waals surface area contributed by atoms with Gasteiger partial charge in [-0.1, -0.05) is 30.3 Å². The Balaban J connectivity index is 1.62. The van der Waals surface area contributed by atoms with E-state index in [1.807, 2.05) is 30.3 Å². The number of aromatic amines is 1. The highest BCUT2D eigenvalue weighted by Gasteiger charge is 2.28. The van der Waals surface area contributed by atoms with Gasteiger partial charge in [-0.05, 0) is 54.1 Å². The van der Waals surface area contributed by atoms with Crippen molar-refractivity contribution in [3.05, 3.63) is 123 Å². The van der Waals surface area contributed by atoms with Gasteiger partial charge in [-0.2, -0.15) is 0 Å². The number of aromatic nitrogens is 1. The summed E-state index contributed by atoms with van der Waals surface area (Å²) < 4.78 is 25.7. The molecule has 0 aliphatic heterocycles. The van der Waals surface area contributed by atoms with Gasteiger partial charge < -0.3 is 34.5 Å². The largest absolute Gasteiger partial charge is 0.506 e. The lowest BCUT2D eigenvalue weighted by atomic mass is 10.1. The summed E-state index contributed by atoms with van der Waals surface area (Å²) in [4.78, 5) is 44.8. The molecule has 230 valence electrons. The molecular formula is C34H30FN3O7. The molecule has 4 aromatic carbocycles. The quantitative estimate of drug-likeness (QED) is 0.187. The summed E-state index contributed by atoms with van der Waals surface area (Å²) in [7, 11) is 4.67. The van der Waals surface area contributed by atoms with Crippen LogP contribution in [0, 0.1) is 5.82 Å². The van der Waals surface area contributed by atoms with Gasteiger partial charge in [0.25, 0.3) is 11.5 Å². The maximum absolute atomic E-state index is 15.0. The zero-order valence-electron chi connectivity index (χ0n) is 24.7. The summed E-state index contributed by atoms with van der Waals surface area (Å²) >= 11 is 0. The number of carboxylic acids is 1. The number of pyridine rings is 1. The van der Waals surface area contributed by atoms with Crippen LogP contribution in [0.3, 0.4) is 0 Å². The first kappa shape index (κ1) is 30.6. The number of nitrogens with zero attached hydrogens (tertiary/aromatic N) is 2. The third-order valence-corrected chi connectivity index (χ3v) is 7.42. The van der Waals surface area contributed by atoms with Gasteiger partial charge in [0.2, 0.25) is 0 Å². The van der Waals surface area contributed by atoms with Gasteiger partial charge in [-0.25, -0.2) is 9.18 Å². The van der Waals surface area contributed by atoms with E-state index in [1.54, 1.807) is 30.1 Å². The van der Waals surface area contributed by atoms with E-state index < -0.39 is 34.6 Å². The number of aromatic carboxylic acids is 1. The molecule has 1 heterocycles. The van der Waals surface area contributed by atoms with Crippen LogP contribution in [0.1, 0.15) is 31.8 Å². The molecule has 0 atom stereocenters. The number of halogens is 1. The van der Waals surface area contributed by atoms with Crippen molar-refractivity contribution in [1.82, 2.24) is 4.98 Å². The molecule has 5 aromatic rings. The molecular weight excluding hydrogens is 581 g/mol. The number of ether oxygens (including phenoxy) is 2. The number of carbonyl (C=O) groups excluding carboxylic acids is 1. The number of rotatable bonds is 10. The van der Waals surface area contributed by atoms with Crippen LogP contribution in [0.15, 0.2) is 89.7 Å². The fourth-order valence-electron chi connectivity index (χ4n) is 5.12. The molecule has 0 fully saturated rings. The zero-order valence-corrected chi connectivity index (χ0v) is 24.7. The Morgan fingerprint density at radius 3 is 2.27 bits per heavy atom. The highest BCUT2D eigenvalue weighted by Crippen LogP contribution is 2.35. The molecule has 45 heavy (non-hydrogen) atoms. The standard InChI is InChI=1S/C34H30FN3O7/c1-37(18-20-7-5-4-6-8-20)27-16-23(35)15-26-30(27)36-32(40)29(31(26)39)33(41)38(24-12-9-21(10-13-24)34(42)43)19-22-11-14-25(44-2)17-28(22)45-3/h4-17H,18-19H2,1-3H3,(H,42,43)(H2,36,39,40). The van der Waals surface area contributed by atoms with Crippen LogP contribution in [-0.2, 0) is 13.1 Å². The second-order valence-electron chi connectivity index (χ2n) is 10.3. The normalized spacial score (nSPS) is 10.8. The van der Waals surface area contributed by atoms with E-state index in [1.165, 1.54) is 49.5 Å². The number of methoxy groups -OCH3 is 2. The first-order chi connectivity index (χ1) is 21.6. The van der Waals surface area contributed by atoms with Crippen molar-refractivity contribution in [2.75, 3.05) is 31.1 Å². The van der Waals surface area contributed by atoms with Crippen molar-refractivity contribution in [1.29, 1.82) is 0 Å². The average Bonchev–Trinajstić information content (AvgIpc) is 3.04. The molecule has 0 radical (unpaired) electrons. The highest BCUT2D eigenvalue weighted by atomic mass is 19.1. The molecule has 0 spiro atoms. The Hall–Kier alpha value is -5.84. The molecule has 10 nitrogen and oxygen atoms in total. The SMILES string of the molecule is COc1ccc(CN(C(=O)c2c(O)c3cc(F)cc(N(C)Cc4ccccc4)c3[nH]c2=O)c2ccc(C(=O)O)cc2)c(OC)c1. The fourth-order valence-corrected chi connectivity index (χ4v) is 5.12. The third-order valence-electron chi connectivity index (χ3n) is 7.42. The van der Waals surface area contributed by atoms with E-state index in [2.05, 4.69) is 4.98 Å².